The molecule has 2 rings (SSSR count). The van der Waals surface area contributed by atoms with E-state index >= 15 is 0 Å². The van der Waals surface area contributed by atoms with E-state index in [0.717, 1.165) is 5.56 Å². The van der Waals surface area contributed by atoms with Crippen LogP contribution in [0.25, 0.3) is 0 Å². The van der Waals surface area contributed by atoms with E-state index in [0.29, 0.717) is 29.8 Å². The molecular weight excluding hydrogens is 348 g/mol. The standard InChI is InChI=1S/C20H22N2O5/c21-14-15-6-8-17(9-7-15)22-20(25)27-19(5-2-10-23)16-3-1-4-18(13-16)26-12-11-24/h1,3-4,6-9,13,19,23-24H,2,5,10-12H2,(H,22,25)/t19-/m0/s1. The molecule has 0 radical (unpaired) electrons. The van der Waals surface area contributed by atoms with Crippen LogP contribution in [0, 0.1) is 11.3 Å². The van der Waals surface area contributed by atoms with Gasteiger partial charge in [0.25, 0.3) is 0 Å². The summed E-state index contributed by atoms with van der Waals surface area (Å²) in [5.74, 6) is 0.562. The molecule has 2 aromatic rings. The van der Waals surface area contributed by atoms with Gasteiger partial charge in [0, 0.05) is 12.3 Å². The molecule has 7 nitrogen and oxygen atoms in total. The van der Waals surface area contributed by atoms with E-state index in [1.54, 1.807) is 42.5 Å². The Bertz CT molecular complexity index is 771. The molecule has 0 fully saturated rings. The van der Waals surface area contributed by atoms with Gasteiger partial charge in [0.1, 0.15) is 18.5 Å². The molecule has 0 spiro atoms. The van der Waals surface area contributed by atoms with Crippen molar-refractivity contribution in [3.05, 3.63) is 59.7 Å². The monoisotopic (exact) mass is 370 g/mol. The van der Waals surface area contributed by atoms with Gasteiger partial charge in [0.2, 0.25) is 0 Å². The van der Waals surface area contributed by atoms with Gasteiger partial charge >= 0.3 is 6.09 Å². The lowest BCUT2D eigenvalue weighted by atomic mass is 10.0. The van der Waals surface area contributed by atoms with E-state index in [9.17, 15) is 4.79 Å². The van der Waals surface area contributed by atoms with Crippen LogP contribution in [0.3, 0.4) is 0 Å². The van der Waals surface area contributed by atoms with Crippen LogP contribution in [0.15, 0.2) is 48.5 Å². The third kappa shape index (κ3) is 6.62. The summed E-state index contributed by atoms with van der Waals surface area (Å²) < 4.78 is 10.9. The van der Waals surface area contributed by atoms with Gasteiger partial charge in [-0.05, 0) is 54.8 Å². The molecule has 0 saturated heterocycles. The molecule has 7 heteroatoms. The summed E-state index contributed by atoms with van der Waals surface area (Å²) in [5, 5.41) is 29.4. The smallest absolute Gasteiger partial charge is 0.412 e. The van der Waals surface area contributed by atoms with Crippen molar-refractivity contribution in [2.75, 3.05) is 25.1 Å². The van der Waals surface area contributed by atoms with E-state index in [1.165, 1.54) is 0 Å². The minimum absolute atomic E-state index is 0.0161. The Balaban J connectivity index is 2.06. The van der Waals surface area contributed by atoms with Crippen LogP contribution < -0.4 is 10.1 Å². The first kappa shape index (κ1) is 20.2. The fourth-order valence-corrected chi connectivity index (χ4v) is 2.44. The van der Waals surface area contributed by atoms with E-state index < -0.39 is 12.2 Å². The molecule has 0 aliphatic rings. The van der Waals surface area contributed by atoms with Crippen LogP contribution in [0.4, 0.5) is 10.5 Å². The van der Waals surface area contributed by atoms with Gasteiger partial charge in [0.05, 0.1) is 18.2 Å². The van der Waals surface area contributed by atoms with Crippen LogP contribution in [0.2, 0.25) is 0 Å². The van der Waals surface area contributed by atoms with Crippen molar-refractivity contribution in [2.45, 2.75) is 18.9 Å². The van der Waals surface area contributed by atoms with Crippen molar-refractivity contribution >= 4 is 11.8 Å². The van der Waals surface area contributed by atoms with Gasteiger partial charge in [-0.3, -0.25) is 5.32 Å². The third-order valence-corrected chi connectivity index (χ3v) is 3.72. The lowest BCUT2D eigenvalue weighted by Crippen LogP contribution is -2.18. The van der Waals surface area contributed by atoms with Crippen LogP contribution in [-0.4, -0.2) is 36.1 Å². The highest BCUT2D eigenvalue weighted by Crippen LogP contribution is 2.27. The quantitative estimate of drug-likeness (QED) is 0.626. The Hall–Kier alpha value is -3.08. The summed E-state index contributed by atoms with van der Waals surface area (Å²) in [6.45, 7) is 0.0598. The molecule has 1 atom stereocenters. The fraction of sp³-hybridized carbons (Fsp3) is 0.300. The predicted octanol–water partition coefficient (Wildman–Crippen LogP) is 2.99. The Labute approximate surface area is 157 Å². The Kier molecular flexibility index (Phi) is 8.10. The summed E-state index contributed by atoms with van der Waals surface area (Å²) in [5.41, 5.74) is 1.74. The molecule has 1 amide bonds. The molecule has 142 valence electrons. The van der Waals surface area contributed by atoms with Crippen molar-refractivity contribution < 1.29 is 24.5 Å². The maximum Gasteiger partial charge on any atom is 0.412 e. The fourth-order valence-electron chi connectivity index (χ4n) is 2.44. The number of carbonyl (C=O) groups excluding carboxylic acids is 1. The second-order valence-electron chi connectivity index (χ2n) is 5.72. The largest absolute Gasteiger partial charge is 0.491 e. The molecule has 27 heavy (non-hydrogen) atoms. The van der Waals surface area contributed by atoms with Crippen molar-refractivity contribution in [1.82, 2.24) is 0 Å². The zero-order valence-electron chi connectivity index (χ0n) is 14.8. The Morgan fingerprint density at radius 1 is 1.15 bits per heavy atom. The minimum Gasteiger partial charge on any atom is -0.491 e. The predicted molar refractivity (Wildman–Crippen MR) is 99.3 cm³/mol. The number of nitriles is 1. The molecule has 0 bridgehead atoms. The van der Waals surface area contributed by atoms with E-state index in [2.05, 4.69) is 5.32 Å². The number of hydrogen-bond acceptors (Lipinski definition) is 6. The van der Waals surface area contributed by atoms with Gasteiger partial charge in [0.15, 0.2) is 0 Å². The van der Waals surface area contributed by atoms with Gasteiger partial charge in [-0.25, -0.2) is 4.79 Å². The maximum absolute atomic E-state index is 12.2. The molecule has 2 aromatic carbocycles. The summed E-state index contributed by atoms with van der Waals surface area (Å²) >= 11 is 0. The van der Waals surface area contributed by atoms with Gasteiger partial charge in [-0.15, -0.1) is 0 Å². The summed E-state index contributed by atoms with van der Waals surface area (Å²) in [6.07, 6.45) is -0.283. The molecule has 0 unspecified atom stereocenters. The number of nitrogens with zero attached hydrogens (tertiary/aromatic N) is 1. The first-order valence-electron chi connectivity index (χ1n) is 8.58. The van der Waals surface area contributed by atoms with E-state index in [-0.39, 0.29) is 19.8 Å². The molecule has 0 saturated carbocycles. The lowest BCUT2D eigenvalue weighted by molar-refractivity contribution is 0.0992. The van der Waals surface area contributed by atoms with Gasteiger partial charge in [-0.2, -0.15) is 5.26 Å². The van der Waals surface area contributed by atoms with Crippen LogP contribution in [0.5, 0.6) is 5.75 Å². The van der Waals surface area contributed by atoms with Crippen LogP contribution in [-0.2, 0) is 4.74 Å². The Morgan fingerprint density at radius 3 is 2.59 bits per heavy atom. The number of amides is 1. The highest BCUT2D eigenvalue weighted by Gasteiger charge is 2.17. The Morgan fingerprint density at radius 2 is 1.93 bits per heavy atom. The normalized spacial score (nSPS) is 11.3. The molecule has 3 N–H and O–H groups in total. The average Bonchev–Trinajstić information content (AvgIpc) is 2.70. The summed E-state index contributed by atoms with van der Waals surface area (Å²) in [6, 6.07) is 15.5. The van der Waals surface area contributed by atoms with Gasteiger partial charge in [-0.1, -0.05) is 12.1 Å². The second kappa shape index (κ2) is 10.8. The second-order valence-corrected chi connectivity index (χ2v) is 5.72. The molecule has 0 aliphatic carbocycles. The molecule has 0 heterocycles. The first-order valence-corrected chi connectivity index (χ1v) is 8.58. The van der Waals surface area contributed by atoms with Crippen molar-refractivity contribution in [2.24, 2.45) is 0 Å². The maximum atomic E-state index is 12.2. The van der Waals surface area contributed by atoms with E-state index in [1.807, 2.05) is 12.1 Å². The SMILES string of the molecule is N#Cc1ccc(NC(=O)O[C@@H](CCCO)c2cccc(OCCO)c2)cc1. The highest BCUT2D eigenvalue weighted by molar-refractivity contribution is 5.84. The lowest BCUT2D eigenvalue weighted by Gasteiger charge is -2.19. The van der Waals surface area contributed by atoms with Crippen molar-refractivity contribution in [3.8, 4) is 11.8 Å². The summed E-state index contributed by atoms with van der Waals surface area (Å²) in [4.78, 5) is 12.2. The zero-order valence-corrected chi connectivity index (χ0v) is 14.8. The average molecular weight is 370 g/mol. The van der Waals surface area contributed by atoms with E-state index in [4.69, 9.17) is 24.9 Å². The molecular formula is C20H22N2O5. The topological polar surface area (TPSA) is 112 Å². The minimum atomic E-state index is -0.635. The van der Waals surface area contributed by atoms with Gasteiger partial charge < -0.3 is 19.7 Å². The number of rotatable bonds is 9. The first-order chi connectivity index (χ1) is 13.2. The van der Waals surface area contributed by atoms with Crippen molar-refractivity contribution in [1.29, 1.82) is 5.26 Å². The van der Waals surface area contributed by atoms with Crippen molar-refractivity contribution in [3.63, 3.8) is 0 Å². The number of aliphatic hydroxyl groups excluding tert-OH is 2. The highest BCUT2D eigenvalue weighted by atomic mass is 16.6. The van der Waals surface area contributed by atoms with Crippen LogP contribution >= 0.6 is 0 Å². The number of benzene rings is 2. The third-order valence-electron chi connectivity index (χ3n) is 3.72. The number of nitrogens with one attached hydrogen (secondary N) is 1. The number of carbonyl (C=O) groups is 1. The number of anilines is 1. The number of hydrogen-bond donors (Lipinski definition) is 3. The molecule has 0 aliphatic heterocycles. The number of ether oxygens (including phenoxy) is 2. The zero-order chi connectivity index (χ0) is 19.5. The molecule has 0 aromatic heterocycles. The summed E-state index contributed by atoms with van der Waals surface area (Å²) in [7, 11) is 0. The number of aliphatic hydroxyl groups is 2. The van der Waals surface area contributed by atoms with Crippen LogP contribution in [0.1, 0.15) is 30.1 Å².